The van der Waals surface area contributed by atoms with Crippen molar-refractivity contribution in [3.05, 3.63) is 89.7 Å². The van der Waals surface area contributed by atoms with Crippen LogP contribution in [0.3, 0.4) is 0 Å². The number of carbonyl (C=O) groups excluding carboxylic acids is 1. The standard InChI is InChI=1S/C24H22ClN5OS/c1-17(18-5-3-2-4-6-18)15-27-22(31)16-32-24-29-28-23(19-11-13-26-14-12-19)30(24)21-9-7-20(25)8-10-21/h2-14,17H,15-16H2,1H3,(H,27,31). The summed E-state index contributed by atoms with van der Waals surface area (Å²) in [5, 5.41) is 13.0. The van der Waals surface area contributed by atoms with E-state index in [9.17, 15) is 4.79 Å². The number of halogens is 1. The van der Waals surface area contributed by atoms with E-state index in [1.165, 1.54) is 17.3 Å². The molecule has 2 heterocycles. The molecule has 32 heavy (non-hydrogen) atoms. The molecule has 0 fully saturated rings. The molecular weight excluding hydrogens is 442 g/mol. The predicted molar refractivity (Wildman–Crippen MR) is 128 cm³/mol. The molecule has 0 saturated heterocycles. The lowest BCUT2D eigenvalue weighted by atomic mass is 10.0. The van der Waals surface area contributed by atoms with Gasteiger partial charge in [0.15, 0.2) is 11.0 Å². The maximum absolute atomic E-state index is 12.5. The third kappa shape index (κ3) is 5.36. The Morgan fingerprint density at radius 3 is 2.47 bits per heavy atom. The average Bonchev–Trinajstić information content (AvgIpc) is 3.27. The summed E-state index contributed by atoms with van der Waals surface area (Å²) in [7, 11) is 0. The highest BCUT2D eigenvalue weighted by atomic mass is 35.5. The molecule has 4 aromatic rings. The van der Waals surface area contributed by atoms with Crippen LogP contribution in [-0.4, -0.2) is 38.0 Å². The molecule has 6 nitrogen and oxygen atoms in total. The van der Waals surface area contributed by atoms with Gasteiger partial charge in [-0.2, -0.15) is 0 Å². The van der Waals surface area contributed by atoms with Crippen molar-refractivity contribution in [1.82, 2.24) is 25.1 Å². The molecule has 1 atom stereocenters. The molecule has 0 spiro atoms. The van der Waals surface area contributed by atoms with Crippen LogP contribution in [0.5, 0.6) is 0 Å². The zero-order valence-electron chi connectivity index (χ0n) is 17.5. The molecular formula is C24H22ClN5OS. The van der Waals surface area contributed by atoms with Crippen molar-refractivity contribution in [2.24, 2.45) is 0 Å². The highest BCUT2D eigenvalue weighted by Crippen LogP contribution is 2.28. The normalized spacial score (nSPS) is 11.8. The molecule has 2 aromatic carbocycles. The minimum atomic E-state index is -0.0473. The van der Waals surface area contributed by atoms with Crippen molar-refractivity contribution < 1.29 is 4.79 Å². The first-order valence-electron chi connectivity index (χ1n) is 10.2. The van der Waals surface area contributed by atoms with E-state index in [1.807, 2.05) is 59.2 Å². The lowest BCUT2D eigenvalue weighted by molar-refractivity contribution is -0.118. The molecule has 2 aromatic heterocycles. The Bertz CT molecular complexity index is 1170. The van der Waals surface area contributed by atoms with Crippen molar-refractivity contribution in [3.63, 3.8) is 0 Å². The summed E-state index contributed by atoms with van der Waals surface area (Å²) in [5.41, 5.74) is 2.95. The quantitative estimate of drug-likeness (QED) is 0.372. The third-order valence-corrected chi connectivity index (χ3v) is 6.14. The van der Waals surface area contributed by atoms with E-state index >= 15 is 0 Å². The summed E-state index contributed by atoms with van der Waals surface area (Å²) in [4.78, 5) is 16.6. The van der Waals surface area contributed by atoms with Crippen molar-refractivity contribution >= 4 is 29.3 Å². The Labute approximate surface area is 196 Å². The predicted octanol–water partition coefficient (Wildman–Crippen LogP) is 4.99. The van der Waals surface area contributed by atoms with E-state index in [0.717, 1.165) is 11.3 Å². The summed E-state index contributed by atoms with van der Waals surface area (Å²) in [5.74, 6) is 1.11. The number of amides is 1. The Kier molecular flexibility index (Phi) is 7.19. The Balaban J connectivity index is 1.48. The van der Waals surface area contributed by atoms with Crippen molar-refractivity contribution in [1.29, 1.82) is 0 Å². The van der Waals surface area contributed by atoms with Gasteiger partial charge in [-0.15, -0.1) is 10.2 Å². The summed E-state index contributed by atoms with van der Waals surface area (Å²) >= 11 is 7.42. The van der Waals surface area contributed by atoms with Gasteiger partial charge in [0, 0.05) is 35.2 Å². The first-order valence-corrected chi connectivity index (χ1v) is 11.5. The topological polar surface area (TPSA) is 72.7 Å². The third-order valence-electron chi connectivity index (χ3n) is 4.96. The first-order chi connectivity index (χ1) is 15.6. The summed E-state index contributed by atoms with van der Waals surface area (Å²) in [6, 6.07) is 21.3. The Hall–Kier alpha value is -3.16. The van der Waals surface area contributed by atoms with Gasteiger partial charge in [0.05, 0.1) is 5.75 Å². The molecule has 0 aliphatic heterocycles. The first kappa shape index (κ1) is 22.0. The van der Waals surface area contributed by atoms with E-state index in [2.05, 4.69) is 39.6 Å². The molecule has 0 aliphatic rings. The van der Waals surface area contributed by atoms with Crippen LogP contribution < -0.4 is 5.32 Å². The minimum absolute atomic E-state index is 0.0473. The highest BCUT2D eigenvalue weighted by molar-refractivity contribution is 7.99. The lowest BCUT2D eigenvalue weighted by Gasteiger charge is -2.13. The van der Waals surface area contributed by atoms with Gasteiger partial charge in [0.25, 0.3) is 0 Å². The maximum atomic E-state index is 12.5. The molecule has 1 N–H and O–H groups in total. The minimum Gasteiger partial charge on any atom is -0.355 e. The number of aromatic nitrogens is 4. The van der Waals surface area contributed by atoms with Crippen molar-refractivity contribution in [3.8, 4) is 17.1 Å². The molecule has 0 bridgehead atoms. The fourth-order valence-corrected chi connectivity index (χ4v) is 4.13. The molecule has 162 valence electrons. The second-order valence-electron chi connectivity index (χ2n) is 7.26. The van der Waals surface area contributed by atoms with E-state index in [0.29, 0.717) is 22.5 Å². The van der Waals surface area contributed by atoms with Gasteiger partial charge in [-0.3, -0.25) is 14.3 Å². The van der Waals surface area contributed by atoms with Gasteiger partial charge < -0.3 is 5.32 Å². The number of pyridine rings is 1. The molecule has 1 unspecified atom stereocenters. The number of hydrogen-bond acceptors (Lipinski definition) is 5. The van der Waals surface area contributed by atoms with Gasteiger partial charge in [-0.1, -0.05) is 60.6 Å². The van der Waals surface area contributed by atoms with E-state index in [4.69, 9.17) is 11.6 Å². The number of hydrogen-bond donors (Lipinski definition) is 1. The van der Waals surface area contributed by atoms with Crippen LogP contribution in [0, 0.1) is 0 Å². The Morgan fingerprint density at radius 2 is 1.75 bits per heavy atom. The van der Waals surface area contributed by atoms with Crippen molar-refractivity contribution in [2.45, 2.75) is 18.0 Å². The largest absolute Gasteiger partial charge is 0.355 e. The van der Waals surface area contributed by atoms with Crippen LogP contribution in [0.15, 0.2) is 84.3 Å². The lowest BCUT2D eigenvalue weighted by Crippen LogP contribution is -2.29. The Morgan fingerprint density at radius 1 is 1.03 bits per heavy atom. The van der Waals surface area contributed by atoms with Crippen LogP contribution in [-0.2, 0) is 4.79 Å². The zero-order valence-corrected chi connectivity index (χ0v) is 19.1. The monoisotopic (exact) mass is 463 g/mol. The summed E-state index contributed by atoms with van der Waals surface area (Å²) < 4.78 is 1.93. The molecule has 1 amide bonds. The van der Waals surface area contributed by atoms with E-state index < -0.39 is 0 Å². The van der Waals surface area contributed by atoms with E-state index in [1.54, 1.807) is 12.4 Å². The van der Waals surface area contributed by atoms with Gasteiger partial charge >= 0.3 is 0 Å². The van der Waals surface area contributed by atoms with Crippen molar-refractivity contribution in [2.75, 3.05) is 12.3 Å². The smallest absolute Gasteiger partial charge is 0.230 e. The van der Waals surface area contributed by atoms with Gasteiger partial charge in [-0.05, 0) is 47.9 Å². The van der Waals surface area contributed by atoms with Crippen LogP contribution in [0.2, 0.25) is 5.02 Å². The second-order valence-corrected chi connectivity index (χ2v) is 8.64. The van der Waals surface area contributed by atoms with E-state index in [-0.39, 0.29) is 17.6 Å². The second kappa shape index (κ2) is 10.4. The summed E-state index contributed by atoms with van der Waals surface area (Å²) in [6.07, 6.45) is 3.43. The molecule has 0 radical (unpaired) electrons. The number of nitrogens with one attached hydrogen (secondary N) is 1. The van der Waals surface area contributed by atoms with Gasteiger partial charge in [0.1, 0.15) is 0 Å². The van der Waals surface area contributed by atoms with Crippen LogP contribution >= 0.6 is 23.4 Å². The number of thioether (sulfide) groups is 1. The maximum Gasteiger partial charge on any atom is 0.230 e. The molecule has 8 heteroatoms. The number of nitrogens with zero attached hydrogens (tertiary/aromatic N) is 4. The van der Waals surface area contributed by atoms with Gasteiger partial charge in [0.2, 0.25) is 5.91 Å². The SMILES string of the molecule is CC(CNC(=O)CSc1nnc(-c2ccncc2)n1-c1ccc(Cl)cc1)c1ccccc1. The van der Waals surface area contributed by atoms with Gasteiger partial charge in [-0.25, -0.2) is 0 Å². The number of carbonyl (C=O) groups is 1. The van der Waals surface area contributed by atoms with Crippen LogP contribution in [0.25, 0.3) is 17.1 Å². The number of benzene rings is 2. The fourth-order valence-electron chi connectivity index (χ4n) is 3.22. The zero-order chi connectivity index (χ0) is 22.3. The number of rotatable bonds is 8. The van der Waals surface area contributed by atoms with Crippen LogP contribution in [0.1, 0.15) is 18.4 Å². The molecule has 0 aliphatic carbocycles. The average molecular weight is 464 g/mol. The highest BCUT2D eigenvalue weighted by Gasteiger charge is 2.17. The van der Waals surface area contributed by atoms with Crippen LogP contribution in [0.4, 0.5) is 0 Å². The fraction of sp³-hybridized carbons (Fsp3) is 0.167. The molecule has 4 rings (SSSR count). The summed E-state index contributed by atoms with van der Waals surface area (Å²) in [6.45, 7) is 2.68. The molecule has 0 saturated carbocycles.